The molecule has 0 aliphatic carbocycles. The molecule has 198 valence electrons. The molecule has 0 saturated carbocycles. The molecule has 0 saturated heterocycles. The van der Waals surface area contributed by atoms with Gasteiger partial charge in [-0.25, -0.2) is 4.79 Å². The van der Waals surface area contributed by atoms with Gasteiger partial charge in [0.2, 0.25) is 11.8 Å². The van der Waals surface area contributed by atoms with Crippen molar-refractivity contribution in [1.29, 1.82) is 0 Å². The number of ether oxygens (including phenoxy) is 1. The third-order valence-corrected chi connectivity index (χ3v) is 5.92. The molecule has 0 fully saturated rings. The Kier molecular flexibility index (Phi) is 12.3. The predicted molar refractivity (Wildman–Crippen MR) is 141 cm³/mol. The zero-order valence-electron chi connectivity index (χ0n) is 23.2. The van der Waals surface area contributed by atoms with E-state index in [1.807, 2.05) is 58.9 Å². The van der Waals surface area contributed by atoms with E-state index in [-0.39, 0.29) is 23.8 Å². The number of hydrogen-bond donors (Lipinski definition) is 2. The van der Waals surface area contributed by atoms with Crippen LogP contribution in [0, 0.1) is 12.8 Å². The molecule has 0 spiro atoms. The molecule has 1 aromatic carbocycles. The molecular formula is C28H47N3O4. The number of benzene rings is 1. The smallest absolute Gasteiger partial charge is 0.408 e. The van der Waals surface area contributed by atoms with Gasteiger partial charge >= 0.3 is 6.09 Å². The van der Waals surface area contributed by atoms with E-state index in [9.17, 15) is 14.4 Å². The third-order valence-electron chi connectivity index (χ3n) is 5.92. The average molecular weight is 490 g/mol. The molecule has 2 N–H and O–H groups in total. The molecule has 35 heavy (non-hydrogen) atoms. The van der Waals surface area contributed by atoms with E-state index in [0.717, 1.165) is 30.4 Å². The minimum atomic E-state index is -0.834. The van der Waals surface area contributed by atoms with Gasteiger partial charge in [-0.05, 0) is 58.9 Å². The molecule has 3 unspecified atom stereocenters. The van der Waals surface area contributed by atoms with E-state index in [1.54, 1.807) is 25.7 Å². The highest BCUT2D eigenvalue weighted by atomic mass is 16.6. The zero-order valence-corrected chi connectivity index (χ0v) is 23.2. The van der Waals surface area contributed by atoms with Crippen molar-refractivity contribution >= 4 is 17.9 Å². The Bertz CT molecular complexity index is 814. The highest BCUT2D eigenvalue weighted by Gasteiger charge is 2.39. The maximum Gasteiger partial charge on any atom is 0.408 e. The van der Waals surface area contributed by atoms with Gasteiger partial charge in [-0.2, -0.15) is 0 Å². The van der Waals surface area contributed by atoms with E-state index in [4.69, 9.17) is 4.74 Å². The second-order valence-electron chi connectivity index (χ2n) is 10.7. The number of aryl methyl sites for hydroxylation is 1. The van der Waals surface area contributed by atoms with Crippen molar-refractivity contribution in [2.75, 3.05) is 6.54 Å². The average Bonchev–Trinajstić information content (AvgIpc) is 2.77. The fourth-order valence-electron chi connectivity index (χ4n) is 3.77. The fourth-order valence-corrected chi connectivity index (χ4v) is 3.77. The molecule has 0 aliphatic rings. The number of carbonyl (C=O) groups excluding carboxylic acids is 3. The van der Waals surface area contributed by atoms with Crippen LogP contribution < -0.4 is 10.6 Å². The fraction of sp³-hybridized carbons (Fsp3) is 0.679. The van der Waals surface area contributed by atoms with Crippen LogP contribution in [0.25, 0.3) is 0 Å². The molecule has 7 heteroatoms. The quantitative estimate of drug-likeness (QED) is 0.379. The van der Waals surface area contributed by atoms with E-state index in [0.29, 0.717) is 13.0 Å². The summed E-state index contributed by atoms with van der Waals surface area (Å²) in [7, 11) is 0. The summed E-state index contributed by atoms with van der Waals surface area (Å²) in [4.78, 5) is 41.8. The Labute approximate surface area is 212 Å². The largest absolute Gasteiger partial charge is 0.444 e. The van der Waals surface area contributed by atoms with Crippen LogP contribution in [0.15, 0.2) is 24.3 Å². The van der Waals surface area contributed by atoms with Crippen molar-refractivity contribution in [3.63, 3.8) is 0 Å². The van der Waals surface area contributed by atoms with Crippen LogP contribution in [-0.2, 0) is 14.3 Å². The molecule has 0 heterocycles. The van der Waals surface area contributed by atoms with Crippen LogP contribution >= 0.6 is 0 Å². The van der Waals surface area contributed by atoms with Gasteiger partial charge < -0.3 is 20.3 Å². The van der Waals surface area contributed by atoms with Crippen molar-refractivity contribution < 1.29 is 19.1 Å². The Morgan fingerprint density at radius 2 is 1.60 bits per heavy atom. The van der Waals surface area contributed by atoms with E-state index < -0.39 is 23.8 Å². The lowest BCUT2D eigenvalue weighted by molar-refractivity contribution is -0.146. The minimum absolute atomic E-state index is 0.201. The van der Waals surface area contributed by atoms with Crippen LogP contribution in [0.2, 0.25) is 0 Å². The van der Waals surface area contributed by atoms with E-state index >= 15 is 0 Å². The number of hydrogen-bond acceptors (Lipinski definition) is 4. The molecule has 3 amide bonds. The van der Waals surface area contributed by atoms with Crippen molar-refractivity contribution in [3.8, 4) is 0 Å². The Morgan fingerprint density at radius 1 is 1.00 bits per heavy atom. The zero-order chi connectivity index (χ0) is 26.8. The number of nitrogens with zero attached hydrogens (tertiary/aromatic N) is 1. The normalized spacial score (nSPS) is 14.1. The molecular weight excluding hydrogens is 442 g/mol. The van der Waals surface area contributed by atoms with E-state index in [2.05, 4.69) is 17.6 Å². The van der Waals surface area contributed by atoms with Crippen LogP contribution in [0.1, 0.15) is 98.2 Å². The Hall–Kier alpha value is -2.57. The first-order valence-corrected chi connectivity index (χ1v) is 13.0. The van der Waals surface area contributed by atoms with Gasteiger partial charge in [0.05, 0.1) is 0 Å². The topological polar surface area (TPSA) is 87.7 Å². The van der Waals surface area contributed by atoms with Crippen molar-refractivity contribution in [2.24, 2.45) is 5.92 Å². The lowest BCUT2D eigenvalue weighted by Gasteiger charge is -2.39. The van der Waals surface area contributed by atoms with Gasteiger partial charge in [0.15, 0.2) is 0 Å². The van der Waals surface area contributed by atoms with Crippen LogP contribution in [0.4, 0.5) is 4.79 Å². The summed E-state index contributed by atoms with van der Waals surface area (Å²) in [5.41, 5.74) is 1.13. The highest BCUT2D eigenvalue weighted by molar-refractivity contribution is 5.92. The van der Waals surface area contributed by atoms with Gasteiger partial charge in [0.25, 0.3) is 0 Å². The molecule has 0 aliphatic heterocycles. The molecule has 0 aromatic heterocycles. The predicted octanol–water partition coefficient (Wildman–Crippen LogP) is 5.52. The first-order valence-electron chi connectivity index (χ1n) is 13.0. The monoisotopic (exact) mass is 489 g/mol. The summed E-state index contributed by atoms with van der Waals surface area (Å²) >= 11 is 0. The molecule has 1 rings (SSSR count). The first kappa shape index (κ1) is 30.5. The third kappa shape index (κ3) is 9.90. The Balaban J connectivity index is 3.40. The summed E-state index contributed by atoms with van der Waals surface area (Å²) in [5, 5.41) is 5.80. The van der Waals surface area contributed by atoms with Gasteiger partial charge in [0, 0.05) is 12.6 Å². The summed E-state index contributed by atoms with van der Waals surface area (Å²) in [6.45, 7) is 17.7. The van der Waals surface area contributed by atoms with Crippen molar-refractivity contribution in [3.05, 3.63) is 35.4 Å². The van der Waals surface area contributed by atoms with Crippen molar-refractivity contribution in [2.45, 2.75) is 112 Å². The maximum absolute atomic E-state index is 14.0. The van der Waals surface area contributed by atoms with Crippen LogP contribution in [0.5, 0.6) is 0 Å². The van der Waals surface area contributed by atoms with Gasteiger partial charge in [-0.15, -0.1) is 0 Å². The van der Waals surface area contributed by atoms with Crippen LogP contribution in [-0.4, -0.2) is 47.0 Å². The lowest BCUT2D eigenvalue weighted by atomic mass is 9.96. The Morgan fingerprint density at radius 3 is 2.09 bits per heavy atom. The number of alkyl carbamates (subject to hydrolysis) is 1. The highest BCUT2D eigenvalue weighted by Crippen LogP contribution is 2.27. The maximum atomic E-state index is 14.0. The molecule has 0 radical (unpaired) electrons. The number of nitrogens with one attached hydrogen (secondary N) is 2. The number of unbranched alkanes of at least 4 members (excludes halogenated alkanes) is 2. The first-order chi connectivity index (χ1) is 16.3. The standard InChI is InChI=1S/C28H47N3O4/c1-10-12-13-18-29-25(32)24(22-16-14-20(5)15-17-22)31(21(6)11-2)26(33)23(19(3)4)30-27(34)35-28(7,8)9/h14-17,19,21,23-24H,10-13,18H2,1-9H3,(H,29,32)(H,30,34). The molecule has 3 atom stereocenters. The second-order valence-corrected chi connectivity index (χ2v) is 10.7. The van der Waals surface area contributed by atoms with Crippen LogP contribution in [0.3, 0.4) is 0 Å². The molecule has 1 aromatic rings. The lowest BCUT2D eigenvalue weighted by Crippen LogP contribution is -2.57. The minimum Gasteiger partial charge on any atom is -0.444 e. The summed E-state index contributed by atoms with van der Waals surface area (Å²) in [5.74, 6) is -0.708. The summed E-state index contributed by atoms with van der Waals surface area (Å²) in [6.07, 6.45) is 2.98. The van der Waals surface area contributed by atoms with E-state index in [1.165, 1.54) is 0 Å². The van der Waals surface area contributed by atoms with Crippen molar-refractivity contribution in [1.82, 2.24) is 15.5 Å². The number of carbonyl (C=O) groups is 3. The van der Waals surface area contributed by atoms with Gasteiger partial charge in [0.1, 0.15) is 17.7 Å². The second kappa shape index (κ2) is 14.1. The van der Waals surface area contributed by atoms with Gasteiger partial charge in [-0.1, -0.05) is 70.4 Å². The summed E-state index contributed by atoms with van der Waals surface area (Å²) < 4.78 is 5.42. The molecule has 7 nitrogen and oxygen atoms in total. The summed E-state index contributed by atoms with van der Waals surface area (Å²) in [6, 6.07) is 5.84. The number of rotatable bonds is 12. The SMILES string of the molecule is CCCCCNC(=O)C(c1ccc(C)cc1)N(C(=O)C(NC(=O)OC(C)(C)C)C(C)C)C(C)CC. The number of amides is 3. The molecule has 0 bridgehead atoms. The van der Waals surface area contributed by atoms with Gasteiger partial charge in [-0.3, -0.25) is 9.59 Å².